The van der Waals surface area contributed by atoms with Crippen molar-refractivity contribution in [1.82, 2.24) is 45.2 Å². The molecule has 2 aliphatic rings. The molecule has 24 heteroatoms. The lowest BCUT2D eigenvalue weighted by atomic mass is 9.93. The number of rotatable bonds is 32. The molecule has 0 atom stereocenters. The van der Waals surface area contributed by atoms with Crippen molar-refractivity contribution < 1.29 is 67.0 Å². The van der Waals surface area contributed by atoms with Crippen LogP contribution in [-0.4, -0.2) is 207 Å². The van der Waals surface area contributed by atoms with Crippen molar-refractivity contribution in [2.45, 2.75) is 51.0 Å². The van der Waals surface area contributed by atoms with Crippen molar-refractivity contribution in [3.63, 3.8) is 0 Å². The molecule has 24 nitrogen and oxygen atoms in total. The van der Waals surface area contributed by atoms with Gasteiger partial charge in [-0.1, -0.05) is 37.3 Å². The van der Waals surface area contributed by atoms with Crippen LogP contribution in [0.4, 0.5) is 0 Å². The first-order chi connectivity index (χ1) is 36.6. The number of amides is 4. The average molecular weight is 1050 g/mol. The summed E-state index contributed by atoms with van der Waals surface area (Å²) in [7, 11) is 1.42. The quantitative estimate of drug-likeness (QED) is 0.0235. The summed E-state index contributed by atoms with van der Waals surface area (Å²) >= 11 is 0. The summed E-state index contributed by atoms with van der Waals surface area (Å²) in [6.45, 7) is 6.62. The molecule has 406 valence electrons. The van der Waals surface area contributed by atoms with Gasteiger partial charge in [-0.25, -0.2) is 9.97 Å². The van der Waals surface area contributed by atoms with Gasteiger partial charge in [0.2, 0.25) is 17.6 Å². The first-order valence-electron chi connectivity index (χ1n) is 25.1. The largest absolute Gasteiger partial charge is 0.494 e. The molecule has 4 N–H and O–H groups in total. The number of methoxy groups -OCH3 is 1. The number of piperidine rings is 1. The van der Waals surface area contributed by atoms with E-state index in [4.69, 9.17) is 37.9 Å². The SMILES string of the molecule is CCCOCCOCCOCCOCCC(=O)N(CCCNC(=O)CCOCCNC(=O)c1ncn(-c2ncc(OC)c3c(C(=O)C(=O)N4CCC(=C(C#N)c5ccccc5)CC4)c[nH]c23)n1)C1(CO)COCOC1. The Balaban J connectivity index is 0.891. The van der Waals surface area contributed by atoms with Gasteiger partial charge in [0.05, 0.1) is 127 Å². The number of nitriles is 1. The average Bonchev–Trinajstić information content (AvgIpc) is 4.13. The number of nitrogens with one attached hydrogen (secondary N) is 3. The number of nitrogens with zero attached hydrogens (tertiary/aromatic N) is 7. The number of benzene rings is 1. The second-order valence-corrected chi connectivity index (χ2v) is 17.5. The predicted molar refractivity (Wildman–Crippen MR) is 269 cm³/mol. The number of aliphatic hydroxyl groups is 1. The highest BCUT2D eigenvalue weighted by atomic mass is 16.7. The third kappa shape index (κ3) is 16.4. The number of hydrogen-bond acceptors (Lipinski definition) is 18. The van der Waals surface area contributed by atoms with Crippen LogP contribution in [0.5, 0.6) is 5.75 Å². The normalized spacial score (nSPS) is 14.3. The Morgan fingerprint density at radius 3 is 2.20 bits per heavy atom. The molecule has 0 saturated carbocycles. The Labute approximate surface area is 434 Å². The topological polar surface area (TPSA) is 293 Å². The van der Waals surface area contributed by atoms with E-state index in [1.54, 1.807) is 4.90 Å². The molecular weight excluding hydrogens is 977 g/mol. The number of Topliss-reactive ketones (excluding diaryl/α,β-unsaturated/α-hetero) is 1. The van der Waals surface area contributed by atoms with Crippen molar-refractivity contribution in [2.24, 2.45) is 0 Å². The number of ketones is 1. The van der Waals surface area contributed by atoms with E-state index in [9.17, 15) is 34.3 Å². The lowest BCUT2D eigenvalue weighted by molar-refractivity contribution is -0.193. The van der Waals surface area contributed by atoms with E-state index in [0.29, 0.717) is 82.0 Å². The summed E-state index contributed by atoms with van der Waals surface area (Å²) in [5.41, 5.74) is 1.64. The fourth-order valence-electron chi connectivity index (χ4n) is 8.38. The highest BCUT2D eigenvalue weighted by Crippen LogP contribution is 2.33. The Hall–Kier alpha value is -6.69. The number of aliphatic hydroxyl groups excluding tert-OH is 1. The minimum atomic E-state index is -1.07. The maximum Gasteiger partial charge on any atom is 0.295 e. The van der Waals surface area contributed by atoms with E-state index in [1.165, 1.54) is 35.4 Å². The Morgan fingerprint density at radius 2 is 1.53 bits per heavy atom. The molecule has 0 aliphatic carbocycles. The van der Waals surface area contributed by atoms with Crippen molar-refractivity contribution in [1.29, 1.82) is 5.26 Å². The first-order valence-corrected chi connectivity index (χ1v) is 25.1. The molecule has 6 rings (SSSR count). The van der Waals surface area contributed by atoms with Crippen LogP contribution in [-0.2, 0) is 47.5 Å². The maximum absolute atomic E-state index is 13.8. The molecule has 2 saturated heterocycles. The monoisotopic (exact) mass is 1040 g/mol. The number of likely N-dealkylation sites (tertiary alicyclic amines) is 1. The van der Waals surface area contributed by atoms with Crippen LogP contribution < -0.4 is 15.4 Å². The number of fused-ring (bicyclic) bond motifs is 1. The van der Waals surface area contributed by atoms with Crippen LogP contribution in [0.2, 0.25) is 0 Å². The lowest BCUT2D eigenvalue weighted by Gasteiger charge is -2.44. The molecule has 0 spiro atoms. The zero-order valence-electron chi connectivity index (χ0n) is 42.7. The minimum absolute atomic E-state index is 0.0480. The Morgan fingerprint density at radius 1 is 0.867 bits per heavy atom. The molecular formula is C51H68N10O14. The third-order valence-electron chi connectivity index (χ3n) is 12.3. The van der Waals surface area contributed by atoms with Crippen molar-refractivity contribution >= 4 is 45.9 Å². The zero-order valence-corrected chi connectivity index (χ0v) is 42.7. The Bertz CT molecular complexity index is 2550. The van der Waals surface area contributed by atoms with Gasteiger partial charge in [-0.2, -0.15) is 9.94 Å². The summed E-state index contributed by atoms with van der Waals surface area (Å²) in [6, 6.07) is 11.7. The van der Waals surface area contributed by atoms with E-state index in [1.807, 2.05) is 37.3 Å². The summed E-state index contributed by atoms with van der Waals surface area (Å²) in [4.78, 5) is 81.0. The van der Waals surface area contributed by atoms with Gasteiger partial charge in [0.1, 0.15) is 24.4 Å². The first kappa shape index (κ1) is 57.6. The van der Waals surface area contributed by atoms with Crippen molar-refractivity contribution in [3.8, 4) is 17.6 Å². The fraction of sp³-hybridized carbons (Fsp3) is 0.549. The van der Waals surface area contributed by atoms with Crippen molar-refractivity contribution in [2.75, 3.05) is 133 Å². The molecule has 2 fully saturated rings. The van der Waals surface area contributed by atoms with Crippen LogP contribution in [0.1, 0.15) is 72.0 Å². The minimum Gasteiger partial charge on any atom is -0.494 e. The van der Waals surface area contributed by atoms with E-state index >= 15 is 0 Å². The second kappa shape index (κ2) is 30.6. The molecule has 3 aromatic heterocycles. The number of pyridine rings is 1. The Kier molecular flexibility index (Phi) is 23.5. The van der Waals surface area contributed by atoms with Gasteiger partial charge in [0.25, 0.3) is 17.6 Å². The van der Waals surface area contributed by atoms with Crippen LogP contribution in [0.25, 0.3) is 22.3 Å². The van der Waals surface area contributed by atoms with Gasteiger partial charge in [0.15, 0.2) is 5.82 Å². The van der Waals surface area contributed by atoms with E-state index < -0.39 is 23.1 Å². The summed E-state index contributed by atoms with van der Waals surface area (Å²) in [5, 5.41) is 30.3. The smallest absolute Gasteiger partial charge is 0.295 e. The fourth-order valence-corrected chi connectivity index (χ4v) is 8.38. The van der Waals surface area contributed by atoms with E-state index in [-0.39, 0.29) is 127 Å². The second-order valence-electron chi connectivity index (χ2n) is 17.5. The standard InChI is InChI=1S/C51H68N10O14/c1-3-19-69-23-25-72-27-28-73-26-24-71-21-13-43(64)60(51(32-62)33-74-36-75-34-51)16-7-14-53-42(63)12-20-70-22-15-54-49(66)47-57-35-61(58-47)48-45-44(41(68-2)31-56-48)40(30-55-45)46(65)50(67)59-17-10-38(11-18-59)39(29-52)37-8-5-4-6-9-37/h4-6,8-9,30-31,35,55,62H,3,7,10-28,32-34,36H2,1-2H3,(H,53,63)(H,54,66). The molecule has 0 radical (unpaired) electrons. The number of carbonyl (C=O) groups is 5. The van der Waals surface area contributed by atoms with Gasteiger partial charge in [-0.05, 0) is 36.8 Å². The van der Waals surface area contributed by atoms with Crippen LogP contribution in [0, 0.1) is 11.3 Å². The molecule has 5 heterocycles. The molecule has 4 aromatic rings. The highest BCUT2D eigenvalue weighted by Gasteiger charge is 2.42. The molecule has 4 amide bonds. The molecule has 0 bridgehead atoms. The summed E-state index contributed by atoms with van der Waals surface area (Å²) in [6.07, 6.45) is 6.45. The molecule has 1 aromatic carbocycles. The number of ether oxygens (including phenoxy) is 8. The number of H-pyrrole nitrogens is 1. The van der Waals surface area contributed by atoms with Gasteiger partial charge in [-0.3, -0.25) is 24.0 Å². The van der Waals surface area contributed by atoms with Gasteiger partial charge in [-0.15, -0.1) is 5.10 Å². The molecule has 75 heavy (non-hydrogen) atoms. The predicted octanol–water partition coefficient (Wildman–Crippen LogP) is 2.01. The molecule has 0 unspecified atom stereocenters. The van der Waals surface area contributed by atoms with E-state index in [0.717, 1.165) is 17.6 Å². The summed E-state index contributed by atoms with van der Waals surface area (Å²) < 4.78 is 45.3. The van der Waals surface area contributed by atoms with Crippen molar-refractivity contribution in [3.05, 3.63) is 71.6 Å². The van der Waals surface area contributed by atoms with Gasteiger partial charge >= 0.3 is 0 Å². The number of aromatic amines is 1. The summed E-state index contributed by atoms with van der Waals surface area (Å²) in [5.74, 6) is -2.31. The number of hydrogen-bond donors (Lipinski definition) is 4. The number of aromatic nitrogens is 5. The lowest BCUT2D eigenvalue weighted by Crippen LogP contribution is -2.62. The number of carbonyl (C=O) groups excluding carboxylic acids is 5. The maximum atomic E-state index is 13.8. The molecule has 2 aliphatic heterocycles. The number of allylic oxidation sites excluding steroid dienone is 1. The zero-order chi connectivity index (χ0) is 53.3. The highest BCUT2D eigenvalue weighted by molar-refractivity contribution is 6.45. The van der Waals surface area contributed by atoms with Crippen LogP contribution in [0.3, 0.4) is 0 Å². The van der Waals surface area contributed by atoms with E-state index in [2.05, 4.69) is 36.8 Å². The third-order valence-corrected chi connectivity index (χ3v) is 12.3. The van der Waals surface area contributed by atoms with Crippen LogP contribution >= 0.6 is 0 Å². The van der Waals surface area contributed by atoms with Gasteiger partial charge < -0.3 is 68.4 Å². The van der Waals surface area contributed by atoms with Gasteiger partial charge in [0, 0.05) is 51.9 Å². The van der Waals surface area contributed by atoms with Crippen LogP contribution in [0.15, 0.2) is 54.6 Å².